The van der Waals surface area contributed by atoms with Gasteiger partial charge >= 0.3 is 5.97 Å². The van der Waals surface area contributed by atoms with Gasteiger partial charge in [0.05, 0.1) is 7.11 Å². The van der Waals surface area contributed by atoms with Gasteiger partial charge in [0, 0.05) is 35.9 Å². The lowest BCUT2D eigenvalue weighted by atomic mass is 9.83. The van der Waals surface area contributed by atoms with E-state index in [0.29, 0.717) is 17.5 Å². The third-order valence-electron chi connectivity index (χ3n) is 6.69. The number of ketones is 1. The summed E-state index contributed by atoms with van der Waals surface area (Å²) in [5.74, 6) is -0.848. The summed E-state index contributed by atoms with van der Waals surface area (Å²) in [4.78, 5) is 41.0. The van der Waals surface area contributed by atoms with E-state index < -0.39 is 5.97 Å². The molecule has 0 saturated heterocycles. The Balaban J connectivity index is 1.56. The third kappa shape index (κ3) is 6.21. The second kappa shape index (κ2) is 12.1. The number of aromatic nitrogens is 1. The molecule has 6 nitrogen and oxygen atoms in total. The highest BCUT2D eigenvalue weighted by molar-refractivity contribution is 5.98. The van der Waals surface area contributed by atoms with Gasteiger partial charge in [0.2, 0.25) is 0 Å². The van der Waals surface area contributed by atoms with E-state index in [9.17, 15) is 14.4 Å². The minimum Gasteiger partial charge on any atom is -0.468 e. The van der Waals surface area contributed by atoms with Crippen molar-refractivity contribution in [3.63, 3.8) is 0 Å². The first-order valence-electron chi connectivity index (χ1n) is 12.4. The van der Waals surface area contributed by atoms with Crippen LogP contribution in [0.5, 0.6) is 0 Å². The van der Waals surface area contributed by atoms with Crippen LogP contribution in [0.3, 0.4) is 0 Å². The molecule has 192 valence electrons. The first-order chi connectivity index (χ1) is 18.4. The lowest BCUT2D eigenvalue weighted by Crippen LogP contribution is -2.30. The molecule has 0 aliphatic rings. The van der Waals surface area contributed by atoms with Crippen molar-refractivity contribution in [1.29, 1.82) is 0 Å². The summed E-state index contributed by atoms with van der Waals surface area (Å²) in [6, 6.07) is 25.4. The van der Waals surface area contributed by atoms with E-state index in [4.69, 9.17) is 0 Å². The average molecular weight is 507 g/mol. The highest BCUT2D eigenvalue weighted by Crippen LogP contribution is 2.33. The van der Waals surface area contributed by atoms with E-state index >= 15 is 0 Å². The van der Waals surface area contributed by atoms with Gasteiger partial charge in [-0.1, -0.05) is 60.7 Å². The highest BCUT2D eigenvalue weighted by Gasteiger charge is 2.22. The van der Waals surface area contributed by atoms with E-state index in [1.54, 1.807) is 30.6 Å². The number of pyridine rings is 1. The lowest BCUT2D eigenvalue weighted by Gasteiger charge is -2.20. The van der Waals surface area contributed by atoms with Gasteiger partial charge in [0.25, 0.3) is 5.91 Å². The molecule has 1 heterocycles. The van der Waals surface area contributed by atoms with Crippen molar-refractivity contribution < 1.29 is 19.1 Å². The van der Waals surface area contributed by atoms with E-state index in [0.717, 1.165) is 33.4 Å². The molecule has 1 atom stereocenters. The fourth-order valence-electron chi connectivity index (χ4n) is 4.52. The molecule has 0 aliphatic heterocycles. The van der Waals surface area contributed by atoms with Crippen LogP contribution in [-0.4, -0.2) is 36.3 Å². The summed E-state index contributed by atoms with van der Waals surface area (Å²) in [5.41, 5.74) is 7.31. The average Bonchev–Trinajstić information content (AvgIpc) is 2.95. The Kier molecular flexibility index (Phi) is 8.44. The Morgan fingerprint density at radius 2 is 1.50 bits per heavy atom. The molecule has 0 aliphatic carbocycles. The topological polar surface area (TPSA) is 85.4 Å². The van der Waals surface area contributed by atoms with Crippen molar-refractivity contribution in [2.45, 2.75) is 26.2 Å². The van der Waals surface area contributed by atoms with Gasteiger partial charge in [-0.25, -0.2) is 0 Å². The van der Waals surface area contributed by atoms with Crippen LogP contribution in [0.4, 0.5) is 0 Å². The number of hydrogen-bond acceptors (Lipinski definition) is 5. The molecule has 4 aromatic rings. The molecule has 0 bridgehead atoms. The van der Waals surface area contributed by atoms with Gasteiger partial charge in [-0.15, -0.1) is 0 Å². The van der Waals surface area contributed by atoms with Gasteiger partial charge in [0.15, 0.2) is 5.78 Å². The number of ether oxygens (including phenoxy) is 1. The van der Waals surface area contributed by atoms with Gasteiger partial charge in [-0.2, -0.15) is 0 Å². The number of nitrogens with one attached hydrogen (secondary N) is 1. The molecule has 0 spiro atoms. The van der Waals surface area contributed by atoms with Crippen molar-refractivity contribution in [3.8, 4) is 11.1 Å². The predicted octanol–water partition coefficient (Wildman–Crippen LogP) is 5.67. The molecule has 1 N–H and O–H groups in total. The van der Waals surface area contributed by atoms with Crippen molar-refractivity contribution in [1.82, 2.24) is 10.3 Å². The molecule has 6 heteroatoms. The van der Waals surface area contributed by atoms with E-state index in [1.807, 2.05) is 43.3 Å². The zero-order valence-electron chi connectivity index (χ0n) is 21.7. The Morgan fingerprint density at radius 1 is 0.842 bits per heavy atom. The monoisotopic (exact) mass is 506 g/mol. The van der Waals surface area contributed by atoms with Crippen LogP contribution in [-0.2, 0) is 9.53 Å². The number of carbonyl (C=O) groups excluding carboxylic acids is 3. The number of rotatable bonds is 9. The quantitative estimate of drug-likeness (QED) is 0.233. The minimum atomic E-state index is -0.503. The fraction of sp³-hybridized carbons (Fsp3) is 0.188. The number of aryl methyl sites for hydroxylation is 2. The summed E-state index contributed by atoms with van der Waals surface area (Å²) in [7, 11) is 1.28. The third-order valence-corrected chi connectivity index (χ3v) is 6.69. The molecule has 3 aromatic carbocycles. The molecule has 1 amide bonds. The normalized spacial score (nSPS) is 11.4. The van der Waals surface area contributed by atoms with Crippen LogP contribution in [0.25, 0.3) is 11.1 Å². The lowest BCUT2D eigenvalue weighted by molar-refractivity contribution is -0.139. The van der Waals surface area contributed by atoms with Gasteiger partial charge in [0.1, 0.15) is 6.54 Å². The molecule has 38 heavy (non-hydrogen) atoms. The second-order valence-corrected chi connectivity index (χ2v) is 9.19. The molecular weight excluding hydrogens is 476 g/mol. The van der Waals surface area contributed by atoms with Crippen LogP contribution in [0.2, 0.25) is 0 Å². The van der Waals surface area contributed by atoms with Crippen molar-refractivity contribution in [3.05, 3.63) is 125 Å². The maximum atomic E-state index is 13.3. The SMILES string of the molecule is COC(=O)CNC(=O)c1ccc(-c2ccc(C(CC(=O)c3ccncc3C)c3ccccc3C)cc2)cc1. The zero-order chi connectivity index (χ0) is 27.1. The molecule has 4 rings (SSSR count). The summed E-state index contributed by atoms with van der Waals surface area (Å²) in [6.45, 7) is 3.80. The zero-order valence-corrected chi connectivity index (χ0v) is 21.7. The molecule has 1 unspecified atom stereocenters. The number of Topliss-reactive ketones (excluding diaryl/α,β-unsaturated/α-hetero) is 1. The van der Waals surface area contributed by atoms with E-state index in [2.05, 4.69) is 46.2 Å². The number of methoxy groups -OCH3 is 1. The Hall–Kier alpha value is -4.58. The van der Waals surface area contributed by atoms with Crippen molar-refractivity contribution >= 4 is 17.7 Å². The van der Waals surface area contributed by atoms with Gasteiger partial charge in [-0.05, 0) is 65.4 Å². The first-order valence-corrected chi connectivity index (χ1v) is 12.4. The van der Waals surface area contributed by atoms with E-state index in [1.165, 1.54) is 7.11 Å². The largest absolute Gasteiger partial charge is 0.468 e. The predicted molar refractivity (Wildman–Crippen MR) is 147 cm³/mol. The maximum Gasteiger partial charge on any atom is 0.325 e. The number of benzene rings is 3. The van der Waals surface area contributed by atoms with Crippen LogP contribution in [0.15, 0.2) is 91.3 Å². The van der Waals surface area contributed by atoms with Crippen LogP contribution in [0, 0.1) is 13.8 Å². The van der Waals surface area contributed by atoms with Crippen LogP contribution in [0.1, 0.15) is 55.3 Å². The Bertz CT molecular complexity index is 1440. The van der Waals surface area contributed by atoms with Crippen molar-refractivity contribution in [2.24, 2.45) is 0 Å². The molecule has 0 fully saturated rings. The van der Waals surface area contributed by atoms with E-state index in [-0.39, 0.29) is 24.2 Å². The Morgan fingerprint density at radius 3 is 2.13 bits per heavy atom. The summed E-state index contributed by atoms with van der Waals surface area (Å²) < 4.78 is 4.55. The molecule has 0 saturated carbocycles. The number of esters is 1. The highest BCUT2D eigenvalue weighted by atomic mass is 16.5. The van der Waals surface area contributed by atoms with Crippen molar-refractivity contribution in [2.75, 3.05) is 13.7 Å². The molecule has 0 radical (unpaired) electrons. The summed E-state index contributed by atoms with van der Waals surface area (Å²) in [6.07, 6.45) is 3.73. The van der Waals surface area contributed by atoms with Crippen LogP contribution < -0.4 is 5.32 Å². The van der Waals surface area contributed by atoms with Crippen LogP contribution >= 0.6 is 0 Å². The molecular formula is C32H30N2O4. The van der Waals surface area contributed by atoms with Gasteiger partial charge in [-0.3, -0.25) is 19.4 Å². The Labute approximate surface area is 222 Å². The number of carbonyl (C=O) groups is 3. The summed E-state index contributed by atoms with van der Waals surface area (Å²) in [5, 5.41) is 2.54. The minimum absolute atomic E-state index is 0.0864. The van der Waals surface area contributed by atoms with Gasteiger partial charge < -0.3 is 10.1 Å². The smallest absolute Gasteiger partial charge is 0.325 e. The number of amides is 1. The number of hydrogen-bond donors (Lipinski definition) is 1. The maximum absolute atomic E-state index is 13.3. The second-order valence-electron chi connectivity index (χ2n) is 9.19. The number of nitrogens with zero attached hydrogens (tertiary/aromatic N) is 1. The first kappa shape index (κ1) is 26.5. The summed E-state index contributed by atoms with van der Waals surface area (Å²) >= 11 is 0. The molecule has 1 aromatic heterocycles. The standard InChI is InChI=1S/C32H30N2O4/c1-21-6-4-5-7-27(21)29(18-30(35)28-16-17-33-19-22(28)2)25-12-8-23(9-13-25)24-10-14-26(15-11-24)32(37)34-20-31(36)38-3/h4-17,19,29H,18,20H2,1-3H3,(H,34,37). The fourth-order valence-corrected chi connectivity index (χ4v) is 4.52.